The number of hydrogen-bond donors (Lipinski definition) is 1. The van der Waals surface area contributed by atoms with Crippen molar-refractivity contribution in [3.05, 3.63) is 29.8 Å². The maximum absolute atomic E-state index is 12.0. The van der Waals surface area contributed by atoms with E-state index in [2.05, 4.69) is 9.64 Å². The number of aliphatic hydroxyl groups is 1. The van der Waals surface area contributed by atoms with Gasteiger partial charge >= 0.3 is 6.36 Å². The van der Waals surface area contributed by atoms with Crippen LogP contribution in [0.25, 0.3) is 0 Å². The molecule has 106 valence electrons. The molecule has 0 saturated carbocycles. The Balaban J connectivity index is 2.07. The number of nitrogens with zero attached hydrogens (tertiary/aromatic N) is 1. The Kier molecular flexibility index (Phi) is 4.31. The van der Waals surface area contributed by atoms with E-state index in [1.165, 1.54) is 12.1 Å². The Bertz CT molecular complexity index is 399. The van der Waals surface area contributed by atoms with Crippen LogP contribution in [0.2, 0.25) is 0 Å². The molecule has 0 spiro atoms. The number of likely N-dealkylation sites (tertiary alicyclic amines) is 1. The lowest BCUT2D eigenvalue weighted by molar-refractivity contribution is -0.274. The van der Waals surface area contributed by atoms with Gasteiger partial charge in [0.2, 0.25) is 0 Å². The fourth-order valence-corrected chi connectivity index (χ4v) is 2.38. The largest absolute Gasteiger partial charge is 0.573 e. The van der Waals surface area contributed by atoms with Crippen LogP contribution in [-0.4, -0.2) is 36.1 Å². The molecule has 1 fully saturated rings. The highest BCUT2D eigenvalue weighted by Gasteiger charge is 2.31. The molecular formula is C13H16F3NO2. The summed E-state index contributed by atoms with van der Waals surface area (Å²) >= 11 is 0. The lowest BCUT2D eigenvalue weighted by atomic mass is 10.1. The van der Waals surface area contributed by atoms with Crippen molar-refractivity contribution in [3.8, 4) is 5.75 Å². The summed E-state index contributed by atoms with van der Waals surface area (Å²) in [5, 5.41) is 9.44. The normalized spacial score (nSPS) is 18.5. The van der Waals surface area contributed by atoms with E-state index in [9.17, 15) is 18.3 Å². The lowest BCUT2D eigenvalue weighted by Gasteiger charge is -2.26. The molecular weight excluding hydrogens is 259 g/mol. The van der Waals surface area contributed by atoms with E-state index < -0.39 is 6.36 Å². The fourth-order valence-electron chi connectivity index (χ4n) is 2.38. The van der Waals surface area contributed by atoms with Crippen molar-refractivity contribution in [2.45, 2.75) is 25.2 Å². The highest BCUT2D eigenvalue weighted by Crippen LogP contribution is 2.28. The standard InChI is InChI=1S/C13H16F3NO2/c14-13(15,16)19-11-5-3-10(4-6-11)12(9-18)17-7-1-2-8-17/h3-6,12,18H,1-2,7-9H2/t12-/m0/s1. The molecule has 0 bridgehead atoms. The topological polar surface area (TPSA) is 32.7 Å². The van der Waals surface area contributed by atoms with Crippen LogP contribution in [0, 0.1) is 0 Å². The Labute approximate surface area is 109 Å². The molecule has 3 nitrogen and oxygen atoms in total. The number of halogens is 3. The minimum absolute atomic E-state index is 0.0422. The number of hydrogen-bond acceptors (Lipinski definition) is 3. The van der Waals surface area contributed by atoms with E-state index in [0.717, 1.165) is 31.5 Å². The van der Waals surface area contributed by atoms with Crippen LogP contribution in [0.5, 0.6) is 5.75 Å². The van der Waals surface area contributed by atoms with Crippen LogP contribution in [0.4, 0.5) is 13.2 Å². The number of aliphatic hydroxyl groups excluding tert-OH is 1. The Morgan fingerprint density at radius 2 is 1.74 bits per heavy atom. The van der Waals surface area contributed by atoms with E-state index >= 15 is 0 Å². The molecule has 2 rings (SSSR count). The molecule has 0 aliphatic carbocycles. The van der Waals surface area contributed by atoms with E-state index in [0.29, 0.717) is 0 Å². The Morgan fingerprint density at radius 3 is 2.21 bits per heavy atom. The summed E-state index contributed by atoms with van der Waals surface area (Å²) in [7, 11) is 0. The summed E-state index contributed by atoms with van der Waals surface area (Å²) in [5.41, 5.74) is 0.805. The van der Waals surface area contributed by atoms with Crippen molar-refractivity contribution in [3.63, 3.8) is 0 Å². The fraction of sp³-hybridized carbons (Fsp3) is 0.538. The van der Waals surface area contributed by atoms with Crippen molar-refractivity contribution >= 4 is 0 Å². The van der Waals surface area contributed by atoms with Gasteiger partial charge in [0.15, 0.2) is 0 Å². The number of ether oxygens (including phenoxy) is 1. The van der Waals surface area contributed by atoms with Gasteiger partial charge in [0.25, 0.3) is 0 Å². The van der Waals surface area contributed by atoms with Crippen LogP contribution in [-0.2, 0) is 0 Å². The first-order valence-corrected chi connectivity index (χ1v) is 6.20. The summed E-state index contributed by atoms with van der Waals surface area (Å²) < 4.78 is 39.9. The number of benzene rings is 1. The van der Waals surface area contributed by atoms with E-state index in [4.69, 9.17) is 0 Å². The molecule has 6 heteroatoms. The van der Waals surface area contributed by atoms with Crippen LogP contribution < -0.4 is 4.74 Å². The van der Waals surface area contributed by atoms with Crippen molar-refractivity contribution < 1.29 is 23.0 Å². The van der Waals surface area contributed by atoms with Gasteiger partial charge in [-0.15, -0.1) is 13.2 Å². The molecule has 0 unspecified atom stereocenters. The van der Waals surface area contributed by atoms with Gasteiger partial charge in [0, 0.05) is 0 Å². The third-order valence-electron chi connectivity index (χ3n) is 3.25. The highest BCUT2D eigenvalue weighted by atomic mass is 19.4. The summed E-state index contributed by atoms with van der Waals surface area (Å²) in [5.74, 6) is -0.241. The minimum atomic E-state index is -4.67. The molecule has 1 aromatic rings. The number of rotatable bonds is 4. The molecule has 1 heterocycles. The average molecular weight is 275 g/mol. The molecule has 1 saturated heterocycles. The second-order valence-corrected chi connectivity index (χ2v) is 4.56. The van der Waals surface area contributed by atoms with E-state index in [1.807, 2.05) is 0 Å². The third-order valence-corrected chi connectivity index (χ3v) is 3.25. The average Bonchev–Trinajstić information content (AvgIpc) is 2.84. The lowest BCUT2D eigenvalue weighted by Crippen LogP contribution is -2.28. The monoisotopic (exact) mass is 275 g/mol. The zero-order valence-corrected chi connectivity index (χ0v) is 10.4. The van der Waals surface area contributed by atoms with Gasteiger partial charge in [-0.3, -0.25) is 4.90 Å². The quantitative estimate of drug-likeness (QED) is 0.917. The summed E-state index contributed by atoms with van der Waals surface area (Å²) in [6.45, 7) is 1.78. The molecule has 0 aromatic heterocycles. The SMILES string of the molecule is OC[C@@H](c1ccc(OC(F)(F)F)cc1)N1CCCC1. The first-order chi connectivity index (χ1) is 8.99. The summed E-state index contributed by atoms with van der Waals surface area (Å²) in [4.78, 5) is 2.14. The third kappa shape index (κ3) is 3.84. The van der Waals surface area contributed by atoms with Crippen molar-refractivity contribution in [2.24, 2.45) is 0 Å². The van der Waals surface area contributed by atoms with Crippen LogP contribution in [0.15, 0.2) is 24.3 Å². The van der Waals surface area contributed by atoms with E-state index in [1.54, 1.807) is 12.1 Å². The second kappa shape index (κ2) is 5.79. The van der Waals surface area contributed by atoms with Crippen LogP contribution >= 0.6 is 0 Å². The molecule has 1 aliphatic rings. The van der Waals surface area contributed by atoms with Gasteiger partial charge in [-0.05, 0) is 43.6 Å². The Morgan fingerprint density at radius 1 is 1.16 bits per heavy atom. The van der Waals surface area contributed by atoms with E-state index in [-0.39, 0.29) is 18.4 Å². The van der Waals surface area contributed by atoms with Gasteiger partial charge in [-0.2, -0.15) is 0 Å². The first kappa shape index (κ1) is 14.1. The molecule has 1 aliphatic heterocycles. The highest BCUT2D eigenvalue weighted by molar-refractivity contribution is 5.29. The minimum Gasteiger partial charge on any atom is -0.406 e. The van der Waals surface area contributed by atoms with Crippen LogP contribution in [0.3, 0.4) is 0 Å². The maximum atomic E-state index is 12.0. The molecule has 1 aromatic carbocycles. The predicted octanol–water partition coefficient (Wildman–Crippen LogP) is 2.71. The van der Waals surface area contributed by atoms with Crippen molar-refractivity contribution in [1.29, 1.82) is 0 Å². The second-order valence-electron chi connectivity index (χ2n) is 4.56. The Hall–Kier alpha value is -1.27. The van der Waals surface area contributed by atoms with Gasteiger partial charge in [0.05, 0.1) is 12.6 Å². The maximum Gasteiger partial charge on any atom is 0.573 e. The smallest absolute Gasteiger partial charge is 0.406 e. The van der Waals surface area contributed by atoms with Crippen molar-refractivity contribution in [1.82, 2.24) is 4.90 Å². The van der Waals surface area contributed by atoms with Crippen LogP contribution in [0.1, 0.15) is 24.4 Å². The zero-order chi connectivity index (χ0) is 13.9. The predicted molar refractivity (Wildman–Crippen MR) is 63.8 cm³/mol. The van der Waals surface area contributed by atoms with Crippen molar-refractivity contribution in [2.75, 3.05) is 19.7 Å². The van der Waals surface area contributed by atoms with Gasteiger partial charge in [-0.25, -0.2) is 0 Å². The molecule has 1 N–H and O–H groups in total. The van der Waals surface area contributed by atoms with Gasteiger partial charge in [-0.1, -0.05) is 12.1 Å². The first-order valence-electron chi connectivity index (χ1n) is 6.20. The molecule has 0 radical (unpaired) electrons. The molecule has 0 amide bonds. The number of alkyl halides is 3. The summed E-state index contributed by atoms with van der Waals surface area (Å²) in [6, 6.07) is 5.55. The van der Waals surface area contributed by atoms with Gasteiger partial charge in [0.1, 0.15) is 5.75 Å². The molecule has 19 heavy (non-hydrogen) atoms. The molecule has 1 atom stereocenters. The zero-order valence-electron chi connectivity index (χ0n) is 10.4. The summed E-state index contributed by atoms with van der Waals surface area (Å²) in [6.07, 6.45) is -2.50. The van der Waals surface area contributed by atoms with Gasteiger partial charge < -0.3 is 9.84 Å².